The molecule has 0 radical (unpaired) electrons. The van der Waals surface area contributed by atoms with Gasteiger partial charge in [0, 0.05) is 22.4 Å². The van der Waals surface area contributed by atoms with Crippen molar-refractivity contribution in [3.05, 3.63) is 269 Å². The average molecular weight is 870 g/mol. The van der Waals surface area contributed by atoms with E-state index < -0.39 is 5.41 Å². The molecule has 1 fully saturated rings. The van der Waals surface area contributed by atoms with Crippen LogP contribution in [0.2, 0.25) is 0 Å². The Morgan fingerprint density at radius 1 is 0.412 bits per heavy atom. The van der Waals surface area contributed by atoms with E-state index in [2.05, 4.69) is 235 Å². The fourth-order valence-electron chi connectivity index (χ4n) is 13.6. The Balaban J connectivity index is 0.961. The van der Waals surface area contributed by atoms with Gasteiger partial charge >= 0.3 is 0 Å². The molecular weight excluding hydrogens is 819 g/mol. The van der Waals surface area contributed by atoms with Crippen LogP contribution in [-0.4, -0.2) is 6.04 Å². The molecule has 10 aromatic rings. The van der Waals surface area contributed by atoms with Gasteiger partial charge in [-0.2, -0.15) is 0 Å². The second-order valence-corrected chi connectivity index (χ2v) is 19.7. The van der Waals surface area contributed by atoms with Crippen LogP contribution in [0.3, 0.4) is 0 Å². The fourth-order valence-corrected chi connectivity index (χ4v) is 13.6. The first-order chi connectivity index (χ1) is 33.7. The van der Waals surface area contributed by atoms with Crippen LogP contribution in [0.25, 0.3) is 60.1 Å². The van der Waals surface area contributed by atoms with Crippen molar-refractivity contribution in [1.82, 2.24) is 0 Å². The lowest BCUT2D eigenvalue weighted by atomic mass is 9.67. The van der Waals surface area contributed by atoms with Crippen molar-refractivity contribution in [2.24, 2.45) is 0 Å². The summed E-state index contributed by atoms with van der Waals surface area (Å²) in [4.78, 5) is 2.71. The summed E-state index contributed by atoms with van der Waals surface area (Å²) in [6, 6.07) is 80.7. The molecule has 1 heteroatoms. The van der Waals surface area contributed by atoms with E-state index in [1.165, 1.54) is 143 Å². The number of rotatable bonds is 6. The molecule has 0 bridgehead atoms. The molecule has 1 spiro atoms. The lowest BCUT2D eigenvalue weighted by molar-refractivity contribution is 0.353. The van der Waals surface area contributed by atoms with Crippen molar-refractivity contribution in [3.8, 4) is 22.3 Å². The van der Waals surface area contributed by atoms with Crippen LogP contribution in [-0.2, 0) is 10.8 Å². The molecule has 0 heterocycles. The second kappa shape index (κ2) is 15.4. The van der Waals surface area contributed by atoms with Gasteiger partial charge in [-0.1, -0.05) is 226 Å². The highest BCUT2D eigenvalue weighted by atomic mass is 15.2. The van der Waals surface area contributed by atoms with Gasteiger partial charge in [-0.05, 0) is 137 Å². The van der Waals surface area contributed by atoms with Gasteiger partial charge in [0.05, 0.1) is 11.5 Å². The first-order valence-electron chi connectivity index (χ1n) is 24.8. The SMILES string of the molecule is C1=CC(N(c2ccc3c(c2)C(c2ccccc2)(c2ccccc2)c2ccccc2-3)c2cccc3c2-c2ccccc2C32CCCCC2)CC=C1c1ccc2c3ccccc3c3ccccc3c2c1. The molecule has 4 aliphatic rings. The highest BCUT2D eigenvalue weighted by molar-refractivity contribution is 6.25. The lowest BCUT2D eigenvalue weighted by Gasteiger charge is -2.38. The molecule has 0 aromatic heterocycles. The Morgan fingerprint density at radius 2 is 0.985 bits per heavy atom. The minimum Gasteiger partial charge on any atom is -0.334 e. The molecule has 1 unspecified atom stereocenters. The molecule has 14 rings (SSSR count). The normalized spacial score (nSPS) is 17.2. The van der Waals surface area contributed by atoms with Crippen LogP contribution < -0.4 is 4.90 Å². The van der Waals surface area contributed by atoms with E-state index in [1.54, 1.807) is 0 Å². The van der Waals surface area contributed by atoms with Crippen LogP contribution in [0.5, 0.6) is 0 Å². The molecular formula is C67H51N. The number of hydrogen-bond donors (Lipinski definition) is 0. The van der Waals surface area contributed by atoms with E-state index in [1.807, 2.05) is 0 Å². The fraction of sp³-hybridized carbons (Fsp3) is 0.134. The minimum atomic E-state index is -0.491. The first-order valence-corrected chi connectivity index (χ1v) is 24.8. The monoisotopic (exact) mass is 869 g/mol. The highest BCUT2D eigenvalue weighted by Crippen LogP contribution is 2.60. The summed E-state index contributed by atoms with van der Waals surface area (Å²) >= 11 is 0. The Labute approximate surface area is 399 Å². The van der Waals surface area contributed by atoms with Crippen LogP contribution in [0, 0.1) is 0 Å². The summed E-state index contributed by atoms with van der Waals surface area (Å²) in [6.45, 7) is 0. The van der Waals surface area contributed by atoms with E-state index in [0.29, 0.717) is 0 Å². The summed E-state index contributed by atoms with van der Waals surface area (Å²) in [5.74, 6) is 0. The standard InChI is InChI=1S/C67H51N/c1-4-19-47(20-5-1)67(48-21-6-2-7-22-48)61-30-15-12-27-56(61)57-40-38-50(44-63(57)67)68(64-32-18-31-62-65(64)58-28-13-14-29-60(58)66(62)41-16-3-17-42-66)49-36-33-45(34-37-49)46-35-39-55-53-25-9-8-23-51(53)52-24-10-11-26-54(52)59(55)43-46/h1-2,4-15,18-36,38-40,43-44,49H,3,16-17,37,41-42H2. The van der Waals surface area contributed by atoms with Crippen molar-refractivity contribution in [2.45, 2.75) is 55.4 Å². The molecule has 0 amide bonds. The third kappa shape index (κ3) is 5.63. The maximum Gasteiger partial charge on any atom is 0.0714 e. The molecule has 68 heavy (non-hydrogen) atoms. The van der Waals surface area contributed by atoms with Gasteiger partial charge in [0.2, 0.25) is 0 Å². The van der Waals surface area contributed by atoms with Crippen LogP contribution in [0.4, 0.5) is 11.4 Å². The van der Waals surface area contributed by atoms with E-state index in [9.17, 15) is 0 Å². The number of nitrogens with zero attached hydrogens (tertiary/aromatic N) is 1. The average Bonchev–Trinajstić information content (AvgIpc) is 3.86. The van der Waals surface area contributed by atoms with Crippen molar-refractivity contribution in [3.63, 3.8) is 0 Å². The quantitative estimate of drug-likeness (QED) is 0.151. The molecule has 4 aliphatic carbocycles. The van der Waals surface area contributed by atoms with Crippen molar-refractivity contribution < 1.29 is 0 Å². The van der Waals surface area contributed by atoms with E-state index >= 15 is 0 Å². The van der Waals surface area contributed by atoms with Crippen LogP contribution in [0.1, 0.15) is 77.5 Å². The predicted molar refractivity (Wildman–Crippen MR) is 286 cm³/mol. The van der Waals surface area contributed by atoms with Crippen molar-refractivity contribution in [2.75, 3.05) is 4.90 Å². The number of anilines is 2. The summed E-state index contributed by atoms with van der Waals surface area (Å²) in [7, 11) is 0. The number of fused-ring (bicyclic) bond motifs is 14. The Morgan fingerprint density at radius 3 is 1.66 bits per heavy atom. The van der Waals surface area contributed by atoms with Crippen LogP contribution >= 0.6 is 0 Å². The Hall–Kier alpha value is -7.74. The lowest BCUT2D eigenvalue weighted by Crippen LogP contribution is -2.32. The second-order valence-electron chi connectivity index (χ2n) is 19.7. The zero-order valence-electron chi connectivity index (χ0n) is 38.2. The van der Waals surface area contributed by atoms with Crippen molar-refractivity contribution in [1.29, 1.82) is 0 Å². The van der Waals surface area contributed by atoms with Gasteiger partial charge in [-0.25, -0.2) is 0 Å². The molecule has 10 aromatic carbocycles. The van der Waals surface area contributed by atoms with Crippen molar-refractivity contribution >= 4 is 49.3 Å². The first kappa shape index (κ1) is 39.4. The van der Waals surface area contributed by atoms with E-state index in [-0.39, 0.29) is 11.5 Å². The Bertz CT molecular complexity index is 3620. The number of allylic oxidation sites excluding steroid dienone is 2. The molecule has 0 saturated heterocycles. The van der Waals surface area contributed by atoms with Gasteiger partial charge in [-0.3, -0.25) is 0 Å². The number of benzene rings is 10. The molecule has 1 nitrogen and oxygen atoms in total. The van der Waals surface area contributed by atoms with E-state index in [4.69, 9.17) is 0 Å². The summed E-state index contributed by atoms with van der Waals surface area (Å²) in [5.41, 5.74) is 18.4. The third-order valence-electron chi connectivity index (χ3n) is 16.4. The maximum absolute atomic E-state index is 2.71. The number of hydrogen-bond acceptors (Lipinski definition) is 1. The molecule has 0 N–H and O–H groups in total. The van der Waals surface area contributed by atoms with Gasteiger partial charge in [0.25, 0.3) is 0 Å². The zero-order valence-corrected chi connectivity index (χ0v) is 38.2. The predicted octanol–water partition coefficient (Wildman–Crippen LogP) is 17.3. The largest absolute Gasteiger partial charge is 0.334 e. The maximum atomic E-state index is 2.71. The van der Waals surface area contributed by atoms with Gasteiger partial charge in [-0.15, -0.1) is 0 Å². The van der Waals surface area contributed by atoms with Gasteiger partial charge < -0.3 is 4.90 Å². The van der Waals surface area contributed by atoms with Gasteiger partial charge in [0.15, 0.2) is 0 Å². The molecule has 0 aliphatic heterocycles. The Kier molecular flexibility index (Phi) is 8.93. The zero-order chi connectivity index (χ0) is 44.8. The van der Waals surface area contributed by atoms with E-state index in [0.717, 1.165) is 6.42 Å². The highest BCUT2D eigenvalue weighted by Gasteiger charge is 2.48. The summed E-state index contributed by atoms with van der Waals surface area (Å²) < 4.78 is 0. The van der Waals surface area contributed by atoms with Crippen LogP contribution in [0.15, 0.2) is 231 Å². The minimum absolute atomic E-state index is 0.0578. The third-order valence-corrected chi connectivity index (χ3v) is 16.4. The molecule has 324 valence electrons. The molecule has 1 saturated carbocycles. The molecule has 1 atom stereocenters. The van der Waals surface area contributed by atoms with Gasteiger partial charge in [0.1, 0.15) is 0 Å². The topological polar surface area (TPSA) is 3.24 Å². The summed E-state index contributed by atoms with van der Waals surface area (Å²) in [5, 5.41) is 7.86. The smallest absolute Gasteiger partial charge is 0.0714 e. The summed E-state index contributed by atoms with van der Waals surface area (Å²) in [6.07, 6.45) is 14.6.